The van der Waals surface area contributed by atoms with Crippen molar-refractivity contribution in [1.29, 1.82) is 0 Å². The van der Waals surface area contributed by atoms with Crippen LogP contribution in [0.4, 0.5) is 11.4 Å². The van der Waals surface area contributed by atoms with Crippen molar-refractivity contribution in [3.05, 3.63) is 56.5 Å². The van der Waals surface area contributed by atoms with Crippen molar-refractivity contribution in [3.8, 4) is 11.5 Å². The monoisotopic (exact) mass is 394 g/mol. The number of ether oxygens (including phenoxy) is 2. The molecular formula is C16H15BrN2O5. The van der Waals surface area contributed by atoms with Crippen molar-refractivity contribution >= 4 is 33.2 Å². The van der Waals surface area contributed by atoms with E-state index in [1.165, 1.54) is 25.3 Å². The van der Waals surface area contributed by atoms with Gasteiger partial charge in [-0.05, 0) is 30.7 Å². The largest absolute Gasteiger partial charge is 0.493 e. The second kappa shape index (κ2) is 7.78. The van der Waals surface area contributed by atoms with Crippen molar-refractivity contribution in [3.63, 3.8) is 0 Å². The van der Waals surface area contributed by atoms with E-state index in [1.54, 1.807) is 12.1 Å². The highest BCUT2D eigenvalue weighted by Crippen LogP contribution is 2.31. The lowest BCUT2D eigenvalue weighted by atomic mass is 10.2. The molecule has 0 aromatic heterocycles. The number of nitrogens with one attached hydrogen (secondary N) is 1. The number of nitrogens with zero attached hydrogens (tertiary/aromatic N) is 1. The Morgan fingerprint density at radius 2 is 2.00 bits per heavy atom. The number of carbonyl (C=O) groups excluding carboxylic acids is 1. The summed E-state index contributed by atoms with van der Waals surface area (Å²) in [4.78, 5) is 22.2. The Morgan fingerprint density at radius 1 is 1.25 bits per heavy atom. The zero-order chi connectivity index (χ0) is 17.7. The number of amides is 1. The van der Waals surface area contributed by atoms with E-state index in [2.05, 4.69) is 21.2 Å². The Kier molecular flexibility index (Phi) is 5.75. The van der Waals surface area contributed by atoms with Gasteiger partial charge in [0.2, 0.25) is 0 Å². The van der Waals surface area contributed by atoms with Gasteiger partial charge in [-0.25, -0.2) is 0 Å². The number of aryl methyl sites for hydroxylation is 1. The number of hydrogen-bond acceptors (Lipinski definition) is 5. The predicted octanol–water partition coefficient (Wildman–Crippen LogP) is 3.69. The Morgan fingerprint density at radius 3 is 2.62 bits per heavy atom. The molecular weight excluding hydrogens is 380 g/mol. The molecule has 8 heteroatoms. The van der Waals surface area contributed by atoms with Gasteiger partial charge < -0.3 is 14.8 Å². The fourth-order valence-corrected chi connectivity index (χ4v) is 2.28. The lowest BCUT2D eigenvalue weighted by Crippen LogP contribution is -2.20. The molecule has 24 heavy (non-hydrogen) atoms. The highest BCUT2D eigenvalue weighted by atomic mass is 79.9. The summed E-state index contributed by atoms with van der Waals surface area (Å²) >= 11 is 3.39. The summed E-state index contributed by atoms with van der Waals surface area (Å²) < 4.78 is 11.3. The molecule has 0 atom stereocenters. The van der Waals surface area contributed by atoms with Crippen LogP contribution < -0.4 is 14.8 Å². The van der Waals surface area contributed by atoms with Crippen LogP contribution in [0.1, 0.15) is 5.56 Å². The van der Waals surface area contributed by atoms with E-state index in [-0.39, 0.29) is 24.0 Å². The minimum Gasteiger partial charge on any atom is -0.493 e. The first-order valence-electron chi connectivity index (χ1n) is 6.92. The molecule has 7 nitrogen and oxygen atoms in total. The van der Waals surface area contributed by atoms with Gasteiger partial charge in [0.1, 0.15) is 0 Å². The zero-order valence-electron chi connectivity index (χ0n) is 13.0. The molecule has 0 aliphatic rings. The second-order valence-corrected chi connectivity index (χ2v) is 5.75. The van der Waals surface area contributed by atoms with Crippen LogP contribution in [-0.2, 0) is 4.79 Å². The molecule has 0 saturated carbocycles. The standard InChI is InChI=1S/C16H15BrN2O5/c1-10-3-4-11(7-13(10)17)18-16(20)9-24-15-8-12(19(21)22)5-6-14(15)23-2/h3-8H,9H2,1-2H3,(H,18,20). The Bertz CT molecular complexity index is 779. The number of anilines is 1. The molecule has 0 unspecified atom stereocenters. The van der Waals surface area contributed by atoms with Crippen LogP contribution in [0.5, 0.6) is 11.5 Å². The third-order valence-corrected chi connectivity index (χ3v) is 4.03. The van der Waals surface area contributed by atoms with Crippen LogP contribution in [0.15, 0.2) is 40.9 Å². The van der Waals surface area contributed by atoms with Gasteiger partial charge in [-0.15, -0.1) is 0 Å². The summed E-state index contributed by atoms with van der Waals surface area (Å²) in [5, 5.41) is 13.5. The maximum atomic E-state index is 12.0. The molecule has 0 aliphatic heterocycles. The lowest BCUT2D eigenvalue weighted by Gasteiger charge is -2.11. The third-order valence-electron chi connectivity index (χ3n) is 3.17. The first kappa shape index (κ1) is 17.7. The summed E-state index contributed by atoms with van der Waals surface area (Å²) in [6.45, 7) is 1.64. The SMILES string of the molecule is COc1ccc([N+](=O)[O-])cc1OCC(=O)Nc1ccc(C)c(Br)c1. The Balaban J connectivity index is 2.04. The summed E-state index contributed by atoms with van der Waals surface area (Å²) in [6.07, 6.45) is 0. The molecule has 0 aliphatic carbocycles. The van der Waals surface area contributed by atoms with Gasteiger partial charge in [0.05, 0.1) is 18.1 Å². The number of nitro benzene ring substituents is 1. The average molecular weight is 395 g/mol. The van der Waals surface area contributed by atoms with Crippen molar-refractivity contribution < 1.29 is 19.2 Å². The van der Waals surface area contributed by atoms with Crippen LogP contribution in [0.2, 0.25) is 0 Å². The number of non-ortho nitro benzene ring substituents is 1. The zero-order valence-corrected chi connectivity index (χ0v) is 14.6. The van der Waals surface area contributed by atoms with Gasteiger partial charge >= 0.3 is 0 Å². The summed E-state index contributed by atoms with van der Waals surface area (Å²) in [5.74, 6) is 0.0535. The number of hydrogen-bond donors (Lipinski definition) is 1. The van der Waals surface area contributed by atoms with Gasteiger partial charge in [0.15, 0.2) is 18.1 Å². The second-order valence-electron chi connectivity index (χ2n) is 4.89. The minimum absolute atomic E-state index is 0.131. The number of nitro groups is 1. The van der Waals surface area contributed by atoms with Gasteiger partial charge in [-0.1, -0.05) is 22.0 Å². The Hall–Kier alpha value is -2.61. The topological polar surface area (TPSA) is 90.7 Å². The number of methoxy groups -OCH3 is 1. The molecule has 126 valence electrons. The normalized spacial score (nSPS) is 10.1. The van der Waals surface area contributed by atoms with Crippen molar-refractivity contribution in [2.24, 2.45) is 0 Å². The van der Waals surface area contributed by atoms with Crippen LogP contribution >= 0.6 is 15.9 Å². The molecule has 1 amide bonds. The van der Waals surface area contributed by atoms with E-state index in [1.807, 2.05) is 13.0 Å². The highest BCUT2D eigenvalue weighted by molar-refractivity contribution is 9.10. The van der Waals surface area contributed by atoms with Gasteiger partial charge in [0, 0.05) is 16.2 Å². The number of benzene rings is 2. The molecule has 0 heterocycles. The van der Waals surface area contributed by atoms with E-state index in [9.17, 15) is 14.9 Å². The molecule has 0 saturated heterocycles. The van der Waals surface area contributed by atoms with E-state index < -0.39 is 4.92 Å². The third kappa shape index (κ3) is 4.45. The molecule has 1 N–H and O–H groups in total. The first-order valence-corrected chi connectivity index (χ1v) is 7.71. The molecule has 0 fully saturated rings. The van der Waals surface area contributed by atoms with Gasteiger partial charge in [0.25, 0.3) is 11.6 Å². The quantitative estimate of drug-likeness (QED) is 0.595. The maximum absolute atomic E-state index is 12.0. The highest BCUT2D eigenvalue weighted by Gasteiger charge is 2.14. The fourth-order valence-electron chi connectivity index (χ4n) is 1.90. The minimum atomic E-state index is -0.545. The molecule has 0 radical (unpaired) electrons. The van der Waals surface area contributed by atoms with E-state index in [0.29, 0.717) is 11.4 Å². The van der Waals surface area contributed by atoms with Crippen molar-refractivity contribution in [2.45, 2.75) is 6.92 Å². The molecule has 0 spiro atoms. The lowest BCUT2D eigenvalue weighted by molar-refractivity contribution is -0.385. The number of carbonyl (C=O) groups is 1. The smallest absolute Gasteiger partial charge is 0.273 e. The van der Waals surface area contributed by atoms with Crippen LogP contribution in [-0.4, -0.2) is 24.5 Å². The van der Waals surface area contributed by atoms with Crippen LogP contribution in [0.25, 0.3) is 0 Å². The van der Waals surface area contributed by atoms with Crippen LogP contribution in [0.3, 0.4) is 0 Å². The summed E-state index contributed by atoms with van der Waals surface area (Å²) in [6, 6.07) is 9.35. The summed E-state index contributed by atoms with van der Waals surface area (Å²) in [5.41, 5.74) is 1.52. The van der Waals surface area contributed by atoms with E-state index in [4.69, 9.17) is 9.47 Å². The number of rotatable bonds is 6. The maximum Gasteiger partial charge on any atom is 0.273 e. The van der Waals surface area contributed by atoms with Crippen LogP contribution in [0, 0.1) is 17.0 Å². The summed E-state index contributed by atoms with van der Waals surface area (Å²) in [7, 11) is 1.41. The van der Waals surface area contributed by atoms with Crippen molar-refractivity contribution in [1.82, 2.24) is 0 Å². The van der Waals surface area contributed by atoms with E-state index in [0.717, 1.165) is 10.0 Å². The number of halogens is 1. The predicted molar refractivity (Wildman–Crippen MR) is 92.7 cm³/mol. The average Bonchev–Trinajstić information content (AvgIpc) is 2.56. The molecule has 2 aromatic carbocycles. The first-order chi connectivity index (χ1) is 11.4. The molecule has 2 aromatic rings. The fraction of sp³-hybridized carbons (Fsp3) is 0.188. The molecule has 2 rings (SSSR count). The van der Waals surface area contributed by atoms with Gasteiger partial charge in [-0.2, -0.15) is 0 Å². The molecule has 0 bridgehead atoms. The van der Waals surface area contributed by atoms with Crippen molar-refractivity contribution in [2.75, 3.05) is 19.0 Å². The van der Waals surface area contributed by atoms with E-state index >= 15 is 0 Å². The van der Waals surface area contributed by atoms with Gasteiger partial charge in [-0.3, -0.25) is 14.9 Å². The Labute approximate surface area is 146 Å².